The largest absolute Gasteiger partial charge is 0.496 e. The van der Waals surface area contributed by atoms with Crippen molar-refractivity contribution in [3.05, 3.63) is 108 Å². The van der Waals surface area contributed by atoms with Gasteiger partial charge in [-0.1, -0.05) is 78.3 Å². The molecule has 0 aliphatic rings. The highest BCUT2D eigenvalue weighted by Gasteiger charge is 2.17. The van der Waals surface area contributed by atoms with E-state index in [1.165, 1.54) is 21.5 Å². The molecule has 0 heterocycles. The second-order valence-corrected chi connectivity index (χ2v) is 9.02. The van der Waals surface area contributed by atoms with Gasteiger partial charge in [0.1, 0.15) is 11.5 Å². The summed E-state index contributed by atoms with van der Waals surface area (Å²) in [5.74, 6) is 1.69. The number of para-hydroxylation sites is 2. The predicted octanol–water partition coefficient (Wildman–Crippen LogP) is 9.15. The van der Waals surface area contributed by atoms with Crippen LogP contribution in [0.3, 0.4) is 0 Å². The van der Waals surface area contributed by atoms with Crippen molar-refractivity contribution in [3.8, 4) is 33.8 Å². The van der Waals surface area contributed by atoms with Crippen molar-refractivity contribution in [1.29, 1.82) is 0 Å². The van der Waals surface area contributed by atoms with Crippen LogP contribution in [-0.2, 0) is 0 Å². The number of rotatable bonds is 4. The summed E-state index contributed by atoms with van der Waals surface area (Å²) in [6.07, 6.45) is 0. The van der Waals surface area contributed by atoms with Crippen molar-refractivity contribution < 1.29 is 9.47 Å². The minimum Gasteiger partial charge on any atom is -0.496 e. The van der Waals surface area contributed by atoms with Crippen LogP contribution in [0.5, 0.6) is 11.5 Å². The number of methoxy groups -OCH3 is 2. The van der Waals surface area contributed by atoms with Gasteiger partial charge in [-0.25, -0.2) is 0 Å². The lowest BCUT2D eigenvalue weighted by Gasteiger charge is -2.18. The summed E-state index contributed by atoms with van der Waals surface area (Å²) in [6, 6.07) is 35.6. The van der Waals surface area contributed by atoms with E-state index < -0.39 is 0 Å². The third-order valence-corrected chi connectivity index (χ3v) is 6.97. The van der Waals surface area contributed by atoms with Crippen LogP contribution in [-0.4, -0.2) is 14.2 Å². The van der Waals surface area contributed by atoms with E-state index in [0.29, 0.717) is 5.02 Å². The van der Waals surface area contributed by atoms with Gasteiger partial charge in [0.2, 0.25) is 0 Å². The number of halogens is 1. The average Bonchev–Trinajstić information content (AvgIpc) is 2.92. The van der Waals surface area contributed by atoms with Gasteiger partial charge in [-0.2, -0.15) is 0 Å². The number of ether oxygens (including phenoxy) is 2. The lowest BCUT2D eigenvalue weighted by Crippen LogP contribution is -1.92. The van der Waals surface area contributed by atoms with Crippen LogP contribution in [0.25, 0.3) is 54.6 Å². The highest BCUT2D eigenvalue weighted by Crippen LogP contribution is 2.45. The summed E-state index contributed by atoms with van der Waals surface area (Å²) in [5.41, 5.74) is 4.36. The molecule has 0 aliphatic carbocycles. The molecule has 6 aromatic rings. The van der Waals surface area contributed by atoms with Gasteiger partial charge in [0.15, 0.2) is 0 Å². The maximum absolute atomic E-state index is 6.52. The zero-order valence-corrected chi connectivity index (χ0v) is 20.3. The molecule has 6 rings (SSSR count). The highest BCUT2D eigenvalue weighted by molar-refractivity contribution is 6.32. The monoisotopic (exact) mass is 474 g/mol. The first kappa shape index (κ1) is 21.5. The number of hydrogen-bond donors (Lipinski definition) is 0. The Morgan fingerprint density at radius 1 is 0.429 bits per heavy atom. The molecule has 0 spiro atoms. The Hall–Kier alpha value is -4.01. The van der Waals surface area contributed by atoms with Gasteiger partial charge in [-0.05, 0) is 79.8 Å². The topological polar surface area (TPSA) is 18.5 Å². The minimum atomic E-state index is 0.707. The van der Waals surface area contributed by atoms with Crippen LogP contribution in [0, 0.1) is 0 Å². The summed E-state index contributed by atoms with van der Waals surface area (Å²) in [4.78, 5) is 0. The van der Waals surface area contributed by atoms with Gasteiger partial charge in [0.25, 0.3) is 0 Å². The van der Waals surface area contributed by atoms with Crippen LogP contribution in [0.4, 0.5) is 0 Å². The first-order valence-electron chi connectivity index (χ1n) is 11.5. The molecule has 170 valence electrons. The molecule has 0 aliphatic heterocycles. The van der Waals surface area contributed by atoms with Crippen LogP contribution >= 0.6 is 11.6 Å². The Morgan fingerprint density at radius 2 is 0.914 bits per heavy atom. The third kappa shape index (κ3) is 3.50. The third-order valence-electron chi connectivity index (χ3n) is 6.73. The second-order valence-electron chi connectivity index (χ2n) is 8.58. The van der Waals surface area contributed by atoms with E-state index in [1.807, 2.05) is 36.4 Å². The minimum absolute atomic E-state index is 0.707. The van der Waals surface area contributed by atoms with Gasteiger partial charge in [-0.3, -0.25) is 0 Å². The molecule has 2 nitrogen and oxygen atoms in total. The van der Waals surface area contributed by atoms with E-state index in [9.17, 15) is 0 Å². The van der Waals surface area contributed by atoms with Gasteiger partial charge >= 0.3 is 0 Å². The smallest absolute Gasteiger partial charge is 0.126 e. The van der Waals surface area contributed by atoms with E-state index in [1.54, 1.807) is 14.2 Å². The number of hydrogen-bond acceptors (Lipinski definition) is 2. The Bertz CT molecular complexity index is 1740. The fourth-order valence-electron chi connectivity index (χ4n) is 5.15. The molecular formula is C32H23ClO2. The SMILES string of the molecule is COc1ccccc1-c1cc2c3ccc(Cl)cc3c(-c3ccccc3OC)cc2c2ccccc12. The lowest BCUT2D eigenvalue weighted by atomic mass is 9.87. The Labute approximate surface area is 209 Å². The second kappa shape index (κ2) is 8.65. The van der Waals surface area contributed by atoms with Gasteiger partial charge in [-0.15, -0.1) is 0 Å². The van der Waals surface area contributed by atoms with Crippen LogP contribution in [0.2, 0.25) is 5.02 Å². The fraction of sp³-hybridized carbons (Fsp3) is 0.0625. The molecule has 0 bridgehead atoms. The molecule has 0 N–H and O–H groups in total. The van der Waals surface area contributed by atoms with Crippen molar-refractivity contribution >= 4 is 43.9 Å². The number of benzene rings is 6. The number of fused-ring (bicyclic) bond motifs is 5. The lowest BCUT2D eigenvalue weighted by molar-refractivity contribution is 0.416. The Balaban J connectivity index is 1.81. The normalized spacial score (nSPS) is 11.3. The van der Waals surface area contributed by atoms with Gasteiger partial charge in [0, 0.05) is 16.1 Å². The zero-order chi connectivity index (χ0) is 23.9. The summed E-state index contributed by atoms with van der Waals surface area (Å²) in [5, 5.41) is 7.69. The Kier molecular flexibility index (Phi) is 5.32. The van der Waals surface area contributed by atoms with E-state index in [-0.39, 0.29) is 0 Å². The molecule has 0 fully saturated rings. The molecule has 3 heteroatoms. The molecule has 0 radical (unpaired) electrons. The zero-order valence-electron chi connectivity index (χ0n) is 19.5. The maximum Gasteiger partial charge on any atom is 0.126 e. The standard InChI is InChI=1S/C32H23ClO2/c1-34-31-13-7-5-11-24(31)27-18-29-23-16-15-20(33)17-26(23)30(25-12-6-8-14-32(25)35-2)19-28(29)22-10-4-3-9-21(22)27/h3-19H,1-2H3. The van der Waals surface area contributed by atoms with E-state index in [0.717, 1.165) is 44.5 Å². The molecule has 0 atom stereocenters. The summed E-state index contributed by atoms with van der Waals surface area (Å²) in [6.45, 7) is 0. The van der Waals surface area contributed by atoms with Gasteiger partial charge < -0.3 is 9.47 Å². The highest BCUT2D eigenvalue weighted by atomic mass is 35.5. The van der Waals surface area contributed by atoms with Crippen LogP contribution < -0.4 is 9.47 Å². The van der Waals surface area contributed by atoms with E-state index in [4.69, 9.17) is 21.1 Å². The van der Waals surface area contributed by atoms with E-state index in [2.05, 4.69) is 66.7 Å². The molecule has 0 amide bonds. The van der Waals surface area contributed by atoms with Crippen LogP contribution in [0.15, 0.2) is 103 Å². The average molecular weight is 475 g/mol. The maximum atomic E-state index is 6.52. The summed E-state index contributed by atoms with van der Waals surface area (Å²) in [7, 11) is 3.43. The van der Waals surface area contributed by atoms with E-state index >= 15 is 0 Å². The first-order chi connectivity index (χ1) is 17.2. The van der Waals surface area contributed by atoms with Crippen molar-refractivity contribution in [2.45, 2.75) is 0 Å². The first-order valence-corrected chi connectivity index (χ1v) is 11.9. The Morgan fingerprint density at radius 3 is 1.51 bits per heavy atom. The van der Waals surface area contributed by atoms with Crippen molar-refractivity contribution in [3.63, 3.8) is 0 Å². The molecular weight excluding hydrogens is 452 g/mol. The molecule has 0 aromatic heterocycles. The quantitative estimate of drug-likeness (QED) is 0.237. The van der Waals surface area contributed by atoms with Crippen LogP contribution in [0.1, 0.15) is 0 Å². The molecule has 35 heavy (non-hydrogen) atoms. The van der Waals surface area contributed by atoms with Gasteiger partial charge in [0.05, 0.1) is 14.2 Å². The fourth-order valence-corrected chi connectivity index (χ4v) is 5.32. The summed E-state index contributed by atoms with van der Waals surface area (Å²) < 4.78 is 11.5. The molecule has 0 unspecified atom stereocenters. The molecule has 6 aromatic carbocycles. The summed E-state index contributed by atoms with van der Waals surface area (Å²) >= 11 is 6.52. The molecule has 0 saturated carbocycles. The van der Waals surface area contributed by atoms with Crippen molar-refractivity contribution in [2.24, 2.45) is 0 Å². The molecule has 0 saturated heterocycles. The predicted molar refractivity (Wildman–Crippen MR) is 148 cm³/mol. The van der Waals surface area contributed by atoms with Crippen molar-refractivity contribution in [1.82, 2.24) is 0 Å². The van der Waals surface area contributed by atoms with Crippen molar-refractivity contribution in [2.75, 3.05) is 14.2 Å².